The molecule has 3 amide bonds. The molecule has 14 heteroatoms. The van der Waals surface area contributed by atoms with E-state index in [1.165, 1.54) is 30.1 Å². The molecule has 1 aromatic carbocycles. The summed E-state index contributed by atoms with van der Waals surface area (Å²) in [6, 6.07) is 8.03. The first-order chi connectivity index (χ1) is 19.4. The second-order valence-electron chi connectivity index (χ2n) is 9.00. The summed E-state index contributed by atoms with van der Waals surface area (Å²) in [5.74, 6) is -5.03. The molecule has 0 bridgehead atoms. The normalized spacial score (nSPS) is 12.8. The van der Waals surface area contributed by atoms with E-state index in [0.29, 0.717) is 5.75 Å². The van der Waals surface area contributed by atoms with Gasteiger partial charge in [-0.3, -0.25) is 33.6 Å². The molecule has 0 unspecified atom stereocenters. The first-order valence-corrected chi connectivity index (χ1v) is 13.8. The zero-order valence-corrected chi connectivity index (χ0v) is 23.3. The third-order valence-electron chi connectivity index (χ3n) is 5.77. The van der Waals surface area contributed by atoms with E-state index in [1.807, 2.05) is 30.3 Å². The molecule has 5 N–H and O–H groups in total. The number of carboxylic acids is 2. The molecular formula is C27H32N4O9S. The Bertz CT molecular complexity index is 1310. The van der Waals surface area contributed by atoms with Crippen LogP contribution in [0.2, 0.25) is 0 Å². The molecule has 1 aromatic heterocycles. The fourth-order valence-corrected chi connectivity index (χ4v) is 4.77. The number of benzene rings is 1. The number of aromatic nitrogens is 1. The van der Waals surface area contributed by atoms with Gasteiger partial charge in [-0.1, -0.05) is 37.3 Å². The minimum atomic E-state index is -1.45. The topological polar surface area (TPSA) is 201 Å². The molecule has 0 aliphatic rings. The number of pyridine rings is 1. The van der Waals surface area contributed by atoms with Crippen molar-refractivity contribution in [2.24, 2.45) is 0 Å². The molecule has 0 aliphatic carbocycles. The van der Waals surface area contributed by atoms with E-state index in [9.17, 15) is 38.7 Å². The lowest BCUT2D eigenvalue weighted by Gasteiger charge is -2.22. The van der Waals surface area contributed by atoms with Crippen LogP contribution in [0.25, 0.3) is 0 Å². The van der Waals surface area contributed by atoms with Crippen molar-refractivity contribution in [3.8, 4) is 0 Å². The van der Waals surface area contributed by atoms with Crippen LogP contribution in [0.4, 0.5) is 5.69 Å². The molecule has 0 spiro atoms. The van der Waals surface area contributed by atoms with E-state index in [0.717, 1.165) is 17.1 Å². The summed E-state index contributed by atoms with van der Waals surface area (Å²) in [6.45, 7) is 2.71. The predicted molar refractivity (Wildman–Crippen MR) is 150 cm³/mol. The summed E-state index contributed by atoms with van der Waals surface area (Å²) in [5.41, 5.74) is -0.105. The van der Waals surface area contributed by atoms with E-state index >= 15 is 0 Å². The number of hydrogen-bond donors (Lipinski definition) is 5. The number of Topliss-reactive ketones (excluding diaryl/α,β-unsaturated/α-hetero) is 1. The smallest absolute Gasteiger partial charge is 0.305 e. The summed E-state index contributed by atoms with van der Waals surface area (Å²) >= 11 is 1.27. The molecule has 13 nitrogen and oxygen atoms in total. The van der Waals surface area contributed by atoms with Crippen molar-refractivity contribution < 1.29 is 39.0 Å². The first-order valence-electron chi connectivity index (χ1n) is 12.6. The van der Waals surface area contributed by atoms with Gasteiger partial charge in [0.05, 0.1) is 24.6 Å². The number of carbonyl (C=O) groups is 6. The Balaban J connectivity index is 2.18. The molecular weight excluding hydrogens is 556 g/mol. The van der Waals surface area contributed by atoms with Crippen LogP contribution in [0.5, 0.6) is 0 Å². The fraction of sp³-hybridized carbons (Fsp3) is 0.370. The lowest BCUT2D eigenvalue weighted by molar-refractivity contribution is -0.140. The lowest BCUT2D eigenvalue weighted by Crippen LogP contribution is -2.47. The van der Waals surface area contributed by atoms with Crippen LogP contribution >= 0.6 is 11.8 Å². The van der Waals surface area contributed by atoms with Crippen LogP contribution in [0, 0.1) is 0 Å². The molecule has 1 heterocycles. The quantitative estimate of drug-likeness (QED) is 0.190. The largest absolute Gasteiger partial charge is 0.481 e. The summed E-state index contributed by atoms with van der Waals surface area (Å²) < 4.78 is 1.02. The Labute approximate surface area is 239 Å². The van der Waals surface area contributed by atoms with E-state index in [-0.39, 0.29) is 17.9 Å². The summed E-state index contributed by atoms with van der Waals surface area (Å²) in [7, 11) is 0. The van der Waals surface area contributed by atoms with Crippen LogP contribution in [-0.2, 0) is 34.5 Å². The van der Waals surface area contributed by atoms with Crippen molar-refractivity contribution in [1.29, 1.82) is 0 Å². The van der Waals surface area contributed by atoms with Crippen LogP contribution < -0.4 is 21.5 Å². The van der Waals surface area contributed by atoms with E-state index in [2.05, 4.69) is 16.0 Å². The van der Waals surface area contributed by atoms with Gasteiger partial charge < -0.3 is 30.7 Å². The second kappa shape index (κ2) is 16.0. The van der Waals surface area contributed by atoms with Gasteiger partial charge in [-0.05, 0) is 24.1 Å². The number of thioether (sulfide) groups is 1. The molecule has 41 heavy (non-hydrogen) atoms. The van der Waals surface area contributed by atoms with Gasteiger partial charge in [0.2, 0.25) is 17.7 Å². The van der Waals surface area contributed by atoms with Crippen LogP contribution in [-0.4, -0.2) is 68.1 Å². The highest BCUT2D eigenvalue weighted by Gasteiger charge is 2.29. The maximum absolute atomic E-state index is 13.2. The van der Waals surface area contributed by atoms with Gasteiger partial charge in [0, 0.05) is 18.9 Å². The molecule has 0 aliphatic heterocycles. The molecule has 0 radical (unpaired) electrons. The summed E-state index contributed by atoms with van der Waals surface area (Å²) in [6.07, 6.45) is -0.00744. The summed E-state index contributed by atoms with van der Waals surface area (Å²) in [5, 5.41) is 25.3. The third-order valence-corrected chi connectivity index (χ3v) is 6.80. The number of carboxylic acid groups (broad SMARTS) is 2. The highest BCUT2D eigenvalue weighted by atomic mass is 32.2. The molecule has 220 valence electrons. The average Bonchev–Trinajstić information content (AvgIpc) is 2.90. The maximum atomic E-state index is 13.2. The van der Waals surface area contributed by atoms with Gasteiger partial charge in [-0.2, -0.15) is 0 Å². The Morgan fingerprint density at radius 2 is 1.51 bits per heavy atom. The van der Waals surface area contributed by atoms with E-state index in [1.54, 1.807) is 6.92 Å². The zero-order chi connectivity index (χ0) is 30.5. The van der Waals surface area contributed by atoms with Crippen LogP contribution in [0.15, 0.2) is 53.5 Å². The molecule has 0 fully saturated rings. The van der Waals surface area contributed by atoms with Gasteiger partial charge in [-0.15, -0.1) is 11.8 Å². The van der Waals surface area contributed by atoms with Crippen molar-refractivity contribution >= 4 is 52.9 Å². The van der Waals surface area contributed by atoms with Gasteiger partial charge in [0.25, 0.3) is 5.56 Å². The highest BCUT2D eigenvalue weighted by Crippen LogP contribution is 2.15. The predicted octanol–water partition coefficient (Wildman–Crippen LogP) is 1.18. The SMILES string of the molecule is CC[C@@H](C(=O)N[C@@H](CC(=O)O)C(=O)CSCc1ccccc1)n1cccc(NC(=O)[C@H](CC(=O)O)NC(C)=O)c1=O. The van der Waals surface area contributed by atoms with Crippen LogP contribution in [0.3, 0.4) is 0 Å². The number of amides is 3. The standard InChI is InChI=1S/C27H32N4O9S/c1-3-21(26(39)30-19(12-23(34)35)22(33)15-41-14-17-8-5-4-6-9-17)31-11-7-10-18(27(31)40)29-25(38)20(13-24(36)37)28-16(2)32/h4-11,19-21H,3,12-15H2,1-2H3,(H,28,32)(H,29,38)(H,30,39)(H,34,35)(H,36,37)/t19-,20-,21-/m0/s1. The molecule has 2 aromatic rings. The van der Waals surface area contributed by atoms with Crippen molar-refractivity contribution in [3.63, 3.8) is 0 Å². The van der Waals surface area contributed by atoms with Crippen molar-refractivity contribution in [2.75, 3.05) is 11.1 Å². The minimum absolute atomic E-state index is 0.0445. The van der Waals surface area contributed by atoms with Gasteiger partial charge in [0.1, 0.15) is 17.8 Å². The van der Waals surface area contributed by atoms with Crippen LogP contribution in [0.1, 0.15) is 44.7 Å². The number of nitrogens with zero attached hydrogens (tertiary/aromatic N) is 1. The number of anilines is 1. The number of aliphatic carboxylic acids is 2. The summed E-state index contributed by atoms with van der Waals surface area (Å²) in [4.78, 5) is 85.7. The number of carbonyl (C=O) groups excluding carboxylic acids is 4. The monoisotopic (exact) mass is 588 g/mol. The molecule has 0 saturated carbocycles. The Kier molecular flexibility index (Phi) is 12.7. The van der Waals surface area contributed by atoms with Crippen molar-refractivity contribution in [3.05, 3.63) is 64.6 Å². The Morgan fingerprint density at radius 3 is 2.10 bits per heavy atom. The minimum Gasteiger partial charge on any atom is -0.481 e. The first kappa shape index (κ1) is 32.8. The van der Waals surface area contributed by atoms with E-state index < -0.39 is 72.0 Å². The molecule has 2 rings (SSSR count). The van der Waals surface area contributed by atoms with Crippen molar-refractivity contribution in [1.82, 2.24) is 15.2 Å². The van der Waals surface area contributed by atoms with Gasteiger partial charge in [-0.25, -0.2) is 0 Å². The third kappa shape index (κ3) is 10.6. The number of ketones is 1. The lowest BCUT2D eigenvalue weighted by atomic mass is 10.1. The van der Waals surface area contributed by atoms with Gasteiger partial charge in [0.15, 0.2) is 5.78 Å². The Morgan fingerprint density at radius 1 is 0.878 bits per heavy atom. The van der Waals surface area contributed by atoms with Crippen molar-refractivity contribution in [2.45, 2.75) is 57.0 Å². The molecule has 0 saturated heterocycles. The highest BCUT2D eigenvalue weighted by molar-refractivity contribution is 7.99. The zero-order valence-electron chi connectivity index (χ0n) is 22.5. The fourth-order valence-electron chi connectivity index (χ4n) is 3.84. The average molecular weight is 589 g/mol. The molecule has 3 atom stereocenters. The van der Waals surface area contributed by atoms with Gasteiger partial charge >= 0.3 is 11.9 Å². The van der Waals surface area contributed by atoms with E-state index in [4.69, 9.17) is 5.11 Å². The second-order valence-corrected chi connectivity index (χ2v) is 9.99. The number of hydrogen-bond acceptors (Lipinski definition) is 8. The number of nitrogens with one attached hydrogen (secondary N) is 3. The maximum Gasteiger partial charge on any atom is 0.305 e. The number of rotatable bonds is 16. The Hall–Kier alpha value is -4.46.